The summed E-state index contributed by atoms with van der Waals surface area (Å²) in [6, 6.07) is 13.6. The van der Waals surface area contributed by atoms with Gasteiger partial charge in [0, 0.05) is 17.9 Å². The number of nitrogens with two attached hydrogens (primary N) is 1. The number of alkyl halides is 3. The Hall–Kier alpha value is -4.07. The third kappa shape index (κ3) is 5.28. The fourth-order valence-electron chi connectivity index (χ4n) is 5.53. The highest BCUT2D eigenvalue weighted by atomic mass is 19.4. The zero-order chi connectivity index (χ0) is 28.1. The second-order valence-electron chi connectivity index (χ2n) is 10.9. The van der Waals surface area contributed by atoms with Crippen LogP contribution in [0.2, 0.25) is 0 Å². The summed E-state index contributed by atoms with van der Waals surface area (Å²) in [6.45, 7) is 3.61. The fraction of sp³-hybridized carbons (Fsp3) is 0.429. The first-order valence-corrected chi connectivity index (χ1v) is 12.7. The number of nitrogens with zero attached hydrogens (tertiary/aromatic N) is 3. The molecule has 5 atom stereocenters. The number of hydrogen-bond donors (Lipinski definition) is 2. The Bertz CT molecular complexity index is 1370. The summed E-state index contributed by atoms with van der Waals surface area (Å²) in [5, 5.41) is 12.0. The van der Waals surface area contributed by atoms with Gasteiger partial charge in [-0.25, -0.2) is 4.99 Å². The van der Waals surface area contributed by atoms with Crippen LogP contribution >= 0.6 is 0 Å². The zero-order valence-corrected chi connectivity index (χ0v) is 21.4. The van der Waals surface area contributed by atoms with Crippen molar-refractivity contribution in [2.24, 2.45) is 22.6 Å². The van der Waals surface area contributed by atoms with Crippen molar-refractivity contribution in [3.8, 4) is 11.8 Å². The summed E-state index contributed by atoms with van der Waals surface area (Å²) < 4.78 is 45.8. The van der Waals surface area contributed by atoms with E-state index in [2.05, 4.69) is 16.4 Å². The van der Waals surface area contributed by atoms with Gasteiger partial charge in [0.05, 0.1) is 35.7 Å². The van der Waals surface area contributed by atoms with Crippen LogP contribution in [-0.2, 0) is 9.59 Å². The van der Waals surface area contributed by atoms with Crippen molar-refractivity contribution in [3.05, 3.63) is 65.2 Å². The van der Waals surface area contributed by atoms with Crippen molar-refractivity contribution < 1.29 is 27.5 Å². The Balaban J connectivity index is 1.41. The molecule has 5 rings (SSSR count). The summed E-state index contributed by atoms with van der Waals surface area (Å²) in [4.78, 5) is 32.5. The molecule has 2 aromatic rings. The molecule has 3 N–H and O–H groups in total. The number of hydrogen-bond acceptors (Lipinski definition) is 6. The molecular weight excluding hydrogens is 511 g/mol. The van der Waals surface area contributed by atoms with E-state index in [0.717, 1.165) is 0 Å². The van der Waals surface area contributed by atoms with Crippen LogP contribution in [0.4, 0.5) is 13.2 Å². The standard InChI is InChI=1S/C28H28F3N5O3/c1-27(2)13-23(37)36(26(33)35-27)24(16-9-7-15(14-32)8-10-16)18-11-19(18)25(38)34-20-12-22(28(29,30)31)39-21-6-4-3-5-17(20)21/h3-10,18-20,22,24H,11-13H2,1-2H3,(H2,33,35)(H,34,38)/t18?,19-,20+,22?,24+/m1/s1. The summed E-state index contributed by atoms with van der Waals surface area (Å²) >= 11 is 0. The first-order chi connectivity index (χ1) is 18.4. The molecule has 2 unspecified atom stereocenters. The number of benzene rings is 2. The molecule has 0 radical (unpaired) electrons. The van der Waals surface area contributed by atoms with Gasteiger partial charge in [-0.05, 0) is 49.9 Å². The highest BCUT2D eigenvalue weighted by molar-refractivity contribution is 5.99. The number of amides is 2. The molecule has 1 saturated carbocycles. The van der Waals surface area contributed by atoms with Crippen LogP contribution in [0.1, 0.15) is 61.9 Å². The number of halogens is 3. The Morgan fingerprint density at radius 2 is 1.90 bits per heavy atom. The van der Waals surface area contributed by atoms with Crippen molar-refractivity contribution in [1.29, 1.82) is 5.26 Å². The van der Waals surface area contributed by atoms with E-state index in [1.807, 2.05) is 0 Å². The van der Waals surface area contributed by atoms with Gasteiger partial charge in [-0.2, -0.15) is 18.4 Å². The van der Waals surface area contributed by atoms with Crippen molar-refractivity contribution >= 4 is 17.8 Å². The van der Waals surface area contributed by atoms with E-state index in [9.17, 15) is 28.0 Å². The van der Waals surface area contributed by atoms with Crippen molar-refractivity contribution in [1.82, 2.24) is 10.2 Å². The fourth-order valence-corrected chi connectivity index (χ4v) is 5.53. The first kappa shape index (κ1) is 26.5. The number of nitriles is 1. The summed E-state index contributed by atoms with van der Waals surface area (Å²) in [5.41, 5.74) is 7.21. The minimum atomic E-state index is -4.58. The van der Waals surface area contributed by atoms with Gasteiger partial charge in [0.15, 0.2) is 12.1 Å². The Morgan fingerprint density at radius 3 is 2.54 bits per heavy atom. The predicted molar refractivity (Wildman–Crippen MR) is 135 cm³/mol. The molecule has 2 amide bonds. The molecule has 11 heteroatoms. The lowest BCUT2D eigenvalue weighted by molar-refractivity contribution is -0.201. The van der Waals surface area contributed by atoms with E-state index >= 15 is 0 Å². The van der Waals surface area contributed by atoms with E-state index < -0.39 is 48.1 Å². The van der Waals surface area contributed by atoms with Gasteiger partial charge in [-0.1, -0.05) is 30.3 Å². The summed E-state index contributed by atoms with van der Waals surface area (Å²) in [6.07, 6.45) is -6.53. The molecule has 0 aromatic heterocycles. The number of rotatable bonds is 5. The Labute approximate surface area is 223 Å². The smallest absolute Gasteiger partial charge is 0.425 e. The second-order valence-corrected chi connectivity index (χ2v) is 10.9. The molecule has 2 aromatic carbocycles. The number of fused-ring (bicyclic) bond motifs is 1. The minimum Gasteiger partial charge on any atom is -0.480 e. The molecular formula is C28H28F3N5O3. The van der Waals surface area contributed by atoms with Crippen LogP contribution in [0.5, 0.6) is 5.75 Å². The van der Waals surface area contributed by atoms with Gasteiger partial charge < -0.3 is 15.8 Å². The van der Waals surface area contributed by atoms with E-state index in [4.69, 9.17) is 10.5 Å². The monoisotopic (exact) mass is 539 g/mol. The lowest BCUT2D eigenvalue weighted by Gasteiger charge is -2.38. The van der Waals surface area contributed by atoms with Gasteiger partial charge in [-0.15, -0.1) is 0 Å². The molecule has 0 spiro atoms. The molecule has 8 nitrogen and oxygen atoms in total. The van der Waals surface area contributed by atoms with Gasteiger partial charge in [0.1, 0.15) is 5.75 Å². The quantitative estimate of drug-likeness (QED) is 0.592. The number of nitrogens with one attached hydrogen (secondary N) is 1. The lowest BCUT2D eigenvalue weighted by atomic mass is 9.93. The summed E-state index contributed by atoms with van der Waals surface area (Å²) in [7, 11) is 0. The highest BCUT2D eigenvalue weighted by Gasteiger charge is 2.54. The number of para-hydroxylation sites is 1. The number of ether oxygens (including phenoxy) is 1. The van der Waals surface area contributed by atoms with E-state index in [1.165, 1.54) is 11.0 Å². The summed E-state index contributed by atoms with van der Waals surface area (Å²) in [5.74, 6) is -1.40. The molecule has 0 bridgehead atoms. The van der Waals surface area contributed by atoms with Crippen LogP contribution in [0.25, 0.3) is 0 Å². The second kappa shape index (κ2) is 9.59. The van der Waals surface area contributed by atoms with Gasteiger partial charge in [0.25, 0.3) is 0 Å². The third-order valence-electron chi connectivity index (χ3n) is 7.45. The van der Waals surface area contributed by atoms with Crippen LogP contribution < -0.4 is 15.8 Å². The topological polar surface area (TPSA) is 121 Å². The van der Waals surface area contributed by atoms with E-state index in [0.29, 0.717) is 23.1 Å². The lowest BCUT2D eigenvalue weighted by Crippen LogP contribution is -2.52. The van der Waals surface area contributed by atoms with Crippen molar-refractivity contribution in [2.45, 2.75) is 63.0 Å². The molecule has 1 fully saturated rings. The molecule has 0 saturated heterocycles. The third-order valence-corrected chi connectivity index (χ3v) is 7.45. The maximum atomic E-state index is 13.5. The number of guanidine groups is 1. The van der Waals surface area contributed by atoms with E-state index in [-0.39, 0.29) is 30.0 Å². The predicted octanol–water partition coefficient (Wildman–Crippen LogP) is 4.13. The van der Waals surface area contributed by atoms with Crippen LogP contribution in [0, 0.1) is 23.2 Å². The average molecular weight is 540 g/mol. The van der Waals surface area contributed by atoms with Gasteiger partial charge in [-0.3, -0.25) is 14.5 Å². The molecule has 39 heavy (non-hydrogen) atoms. The molecule has 2 aliphatic heterocycles. The average Bonchev–Trinajstić information content (AvgIpc) is 3.66. The van der Waals surface area contributed by atoms with Crippen molar-refractivity contribution in [3.63, 3.8) is 0 Å². The molecule has 1 aliphatic carbocycles. The minimum absolute atomic E-state index is 0.0445. The maximum absolute atomic E-state index is 13.5. The van der Waals surface area contributed by atoms with Crippen LogP contribution in [0.15, 0.2) is 53.5 Å². The highest BCUT2D eigenvalue weighted by Crippen LogP contribution is 2.52. The van der Waals surface area contributed by atoms with Crippen molar-refractivity contribution in [2.75, 3.05) is 0 Å². The maximum Gasteiger partial charge on any atom is 0.425 e. The van der Waals surface area contributed by atoms with Gasteiger partial charge in [0.2, 0.25) is 11.8 Å². The molecule has 2 heterocycles. The number of carbonyl (C=O) groups excluding carboxylic acids is 2. The Kier molecular flexibility index (Phi) is 6.53. The van der Waals surface area contributed by atoms with E-state index in [1.54, 1.807) is 56.3 Å². The largest absolute Gasteiger partial charge is 0.480 e. The normalized spacial score (nSPS) is 26.4. The number of carbonyl (C=O) groups is 2. The van der Waals surface area contributed by atoms with Crippen LogP contribution in [-0.4, -0.2) is 40.5 Å². The van der Waals surface area contributed by atoms with Crippen LogP contribution in [0.3, 0.4) is 0 Å². The molecule has 204 valence electrons. The first-order valence-electron chi connectivity index (χ1n) is 12.7. The zero-order valence-electron chi connectivity index (χ0n) is 21.4. The number of aliphatic imine (C=N–C) groups is 1. The SMILES string of the molecule is CC1(C)CC(=O)N([C@@H](c2ccc(C#N)cc2)C2C[C@H]2C(=O)N[C@H]2CC(C(F)(F)F)Oc3ccccc32)C(N)=N1. The Morgan fingerprint density at radius 1 is 1.21 bits per heavy atom. The van der Waals surface area contributed by atoms with Gasteiger partial charge >= 0.3 is 6.18 Å². The molecule has 3 aliphatic rings.